The van der Waals surface area contributed by atoms with Crippen molar-refractivity contribution < 1.29 is 5.11 Å². The fourth-order valence-electron chi connectivity index (χ4n) is 1.04. The largest absolute Gasteiger partial charge is 0.389 e. The molecule has 1 rings (SSSR count). The van der Waals surface area contributed by atoms with Gasteiger partial charge in [0.1, 0.15) is 0 Å². The van der Waals surface area contributed by atoms with Crippen LogP contribution in [0.4, 0.5) is 0 Å². The third-order valence-electron chi connectivity index (χ3n) is 1.56. The molecule has 0 radical (unpaired) electrons. The minimum atomic E-state index is -0.410. The van der Waals surface area contributed by atoms with Crippen LogP contribution in [0.15, 0.2) is 30.5 Å². The molecule has 1 heterocycles. The Labute approximate surface area is 72.6 Å². The van der Waals surface area contributed by atoms with Crippen LogP contribution in [-0.4, -0.2) is 16.2 Å². The van der Waals surface area contributed by atoms with Gasteiger partial charge in [0.2, 0.25) is 0 Å². The maximum absolute atomic E-state index is 9.08. The molecule has 0 saturated heterocycles. The zero-order valence-electron chi connectivity index (χ0n) is 7.36. The molecule has 2 heteroatoms. The number of hydrogen-bond donors (Lipinski definition) is 1. The molecule has 1 atom stereocenters. The number of aliphatic hydroxyl groups is 1. The fraction of sp³-hybridized carbons (Fsp3) is 0.300. The Hall–Kier alpha value is -1.15. The fourth-order valence-corrected chi connectivity index (χ4v) is 1.04. The van der Waals surface area contributed by atoms with E-state index in [2.05, 4.69) is 4.98 Å². The van der Waals surface area contributed by atoms with Crippen molar-refractivity contribution in [3.05, 3.63) is 36.2 Å². The Morgan fingerprint density at radius 3 is 2.83 bits per heavy atom. The molecular weight excluding hydrogens is 150 g/mol. The van der Waals surface area contributed by atoms with Crippen LogP contribution < -0.4 is 0 Å². The lowest BCUT2D eigenvalue weighted by atomic mass is 10.1. The first-order chi connectivity index (χ1) is 5.70. The Bertz CT molecular complexity index is 264. The molecule has 1 N–H and O–H groups in total. The van der Waals surface area contributed by atoms with E-state index in [1.54, 1.807) is 19.2 Å². The van der Waals surface area contributed by atoms with Gasteiger partial charge in [-0.25, -0.2) is 0 Å². The lowest BCUT2D eigenvalue weighted by Crippen LogP contribution is -1.95. The van der Waals surface area contributed by atoms with E-state index in [9.17, 15) is 0 Å². The summed E-state index contributed by atoms with van der Waals surface area (Å²) in [5.41, 5.74) is 1.92. The molecule has 0 spiro atoms. The summed E-state index contributed by atoms with van der Waals surface area (Å²) in [5, 5.41) is 9.08. The topological polar surface area (TPSA) is 33.1 Å². The van der Waals surface area contributed by atoms with E-state index in [0.29, 0.717) is 0 Å². The summed E-state index contributed by atoms with van der Waals surface area (Å²) in [6.45, 7) is 3.67. The van der Waals surface area contributed by atoms with Crippen molar-refractivity contribution in [2.45, 2.75) is 20.0 Å². The second-order valence-corrected chi connectivity index (χ2v) is 2.81. The van der Waals surface area contributed by atoms with Crippen molar-refractivity contribution in [1.82, 2.24) is 4.98 Å². The lowest BCUT2D eigenvalue weighted by Gasteiger charge is -2.01. The van der Waals surface area contributed by atoms with E-state index in [0.717, 1.165) is 11.3 Å². The Morgan fingerprint density at radius 2 is 2.33 bits per heavy atom. The highest BCUT2D eigenvalue weighted by molar-refractivity contribution is 5.60. The number of pyridine rings is 1. The maximum atomic E-state index is 9.08. The molecule has 0 bridgehead atoms. The van der Waals surface area contributed by atoms with Crippen LogP contribution in [0.1, 0.15) is 19.5 Å². The first kappa shape index (κ1) is 8.94. The summed E-state index contributed by atoms with van der Waals surface area (Å²) < 4.78 is 0. The van der Waals surface area contributed by atoms with Gasteiger partial charge in [0.15, 0.2) is 0 Å². The van der Waals surface area contributed by atoms with Crippen molar-refractivity contribution in [1.29, 1.82) is 0 Å². The van der Waals surface area contributed by atoms with Gasteiger partial charge in [-0.3, -0.25) is 4.98 Å². The van der Waals surface area contributed by atoms with Gasteiger partial charge in [-0.2, -0.15) is 0 Å². The minimum absolute atomic E-state index is 0.410. The first-order valence-corrected chi connectivity index (χ1v) is 3.98. The van der Waals surface area contributed by atoms with Gasteiger partial charge in [-0.1, -0.05) is 12.1 Å². The minimum Gasteiger partial charge on any atom is -0.389 e. The second kappa shape index (κ2) is 4.02. The van der Waals surface area contributed by atoms with Crippen LogP contribution in [0.3, 0.4) is 0 Å². The molecule has 0 fully saturated rings. The lowest BCUT2D eigenvalue weighted by molar-refractivity contribution is 0.244. The highest BCUT2D eigenvalue weighted by Crippen LogP contribution is 2.09. The van der Waals surface area contributed by atoms with Gasteiger partial charge >= 0.3 is 0 Å². The molecule has 0 aliphatic rings. The third kappa shape index (κ3) is 2.47. The van der Waals surface area contributed by atoms with Crippen LogP contribution in [0.2, 0.25) is 0 Å². The number of aliphatic hydroxyl groups excluding tert-OH is 1. The van der Waals surface area contributed by atoms with E-state index >= 15 is 0 Å². The zero-order chi connectivity index (χ0) is 8.97. The molecule has 1 aromatic rings. The molecule has 0 aliphatic heterocycles. The normalized spacial score (nSPS) is 14.4. The van der Waals surface area contributed by atoms with Gasteiger partial charge in [-0.05, 0) is 31.6 Å². The highest BCUT2D eigenvalue weighted by atomic mass is 16.3. The molecule has 12 heavy (non-hydrogen) atoms. The molecular formula is C10H13NO. The molecule has 2 nitrogen and oxygen atoms in total. The molecule has 0 aliphatic carbocycles. The summed E-state index contributed by atoms with van der Waals surface area (Å²) in [6.07, 6.45) is 3.11. The van der Waals surface area contributed by atoms with E-state index in [-0.39, 0.29) is 0 Å². The maximum Gasteiger partial charge on any atom is 0.0699 e. The smallest absolute Gasteiger partial charge is 0.0699 e. The van der Waals surface area contributed by atoms with Gasteiger partial charge in [-0.15, -0.1) is 0 Å². The predicted molar refractivity (Wildman–Crippen MR) is 49.6 cm³/mol. The van der Waals surface area contributed by atoms with Crippen LogP contribution in [0, 0.1) is 0 Å². The quantitative estimate of drug-likeness (QED) is 0.722. The van der Waals surface area contributed by atoms with Crippen LogP contribution in [0.5, 0.6) is 0 Å². The second-order valence-electron chi connectivity index (χ2n) is 2.81. The Balaban J connectivity index is 2.85. The number of hydrogen-bond acceptors (Lipinski definition) is 2. The van der Waals surface area contributed by atoms with Crippen LogP contribution in [-0.2, 0) is 0 Å². The molecule has 0 aromatic carbocycles. The molecule has 1 aromatic heterocycles. The Morgan fingerprint density at radius 1 is 1.58 bits per heavy atom. The van der Waals surface area contributed by atoms with Gasteiger partial charge in [0, 0.05) is 6.20 Å². The first-order valence-electron chi connectivity index (χ1n) is 3.98. The summed E-state index contributed by atoms with van der Waals surface area (Å²) in [6, 6.07) is 5.73. The highest BCUT2D eigenvalue weighted by Gasteiger charge is 1.96. The number of aromatic nitrogens is 1. The summed E-state index contributed by atoms with van der Waals surface area (Å²) in [4.78, 5) is 4.15. The predicted octanol–water partition coefficient (Wildman–Crippen LogP) is 1.87. The van der Waals surface area contributed by atoms with Crippen molar-refractivity contribution in [3.8, 4) is 0 Å². The summed E-state index contributed by atoms with van der Waals surface area (Å²) >= 11 is 0. The van der Waals surface area contributed by atoms with Crippen molar-refractivity contribution in [2.24, 2.45) is 0 Å². The van der Waals surface area contributed by atoms with Gasteiger partial charge in [0.05, 0.1) is 11.8 Å². The van der Waals surface area contributed by atoms with E-state index < -0.39 is 6.10 Å². The van der Waals surface area contributed by atoms with Crippen LogP contribution >= 0.6 is 0 Å². The average molecular weight is 163 g/mol. The molecule has 0 saturated carbocycles. The zero-order valence-corrected chi connectivity index (χ0v) is 7.36. The summed E-state index contributed by atoms with van der Waals surface area (Å²) in [7, 11) is 0. The third-order valence-corrected chi connectivity index (χ3v) is 1.56. The monoisotopic (exact) mass is 163 g/mol. The van der Waals surface area contributed by atoms with E-state index in [4.69, 9.17) is 5.11 Å². The average Bonchev–Trinajstić information content (AvgIpc) is 2.05. The molecule has 0 amide bonds. The number of rotatable bonds is 2. The molecule has 1 unspecified atom stereocenters. The van der Waals surface area contributed by atoms with Gasteiger partial charge in [0.25, 0.3) is 0 Å². The van der Waals surface area contributed by atoms with Gasteiger partial charge < -0.3 is 5.11 Å². The Kier molecular flexibility index (Phi) is 3.00. The van der Waals surface area contributed by atoms with Crippen LogP contribution in [0.25, 0.3) is 5.57 Å². The summed E-state index contributed by atoms with van der Waals surface area (Å²) in [5.74, 6) is 0. The molecule has 64 valence electrons. The van der Waals surface area contributed by atoms with Crippen molar-refractivity contribution >= 4 is 5.57 Å². The van der Waals surface area contributed by atoms with Crippen molar-refractivity contribution in [3.63, 3.8) is 0 Å². The van der Waals surface area contributed by atoms with E-state index in [1.807, 2.05) is 25.1 Å². The standard InChI is InChI=1S/C10H13NO/c1-8(7-9(2)12)10-5-3-4-6-11-10/h3-7,9,12H,1-2H3/b8-7-. The number of allylic oxidation sites excluding steroid dienone is 1. The van der Waals surface area contributed by atoms with E-state index in [1.165, 1.54) is 0 Å². The number of nitrogens with zero attached hydrogens (tertiary/aromatic N) is 1. The van der Waals surface area contributed by atoms with Crippen molar-refractivity contribution in [2.75, 3.05) is 0 Å². The SMILES string of the molecule is C/C(=C/C(C)O)c1ccccn1.